The summed E-state index contributed by atoms with van der Waals surface area (Å²) in [6.45, 7) is 2.37. The quantitative estimate of drug-likeness (QED) is 0.612. The number of benzene rings is 1. The number of hydrogen-bond acceptors (Lipinski definition) is 4. The summed E-state index contributed by atoms with van der Waals surface area (Å²) >= 11 is 0. The van der Waals surface area contributed by atoms with Crippen molar-refractivity contribution in [3.63, 3.8) is 0 Å². The number of fused-ring (bicyclic) bond motifs is 1. The largest absolute Gasteiger partial charge is 0.383 e. The van der Waals surface area contributed by atoms with E-state index in [0.717, 1.165) is 18.4 Å². The summed E-state index contributed by atoms with van der Waals surface area (Å²) < 4.78 is 0. The van der Waals surface area contributed by atoms with Crippen LogP contribution in [0.5, 0.6) is 0 Å². The van der Waals surface area contributed by atoms with E-state index >= 15 is 0 Å². The number of aryl methyl sites for hydroxylation is 2. The molecule has 1 unspecified atom stereocenters. The highest BCUT2D eigenvalue weighted by molar-refractivity contribution is 5.97. The van der Waals surface area contributed by atoms with E-state index in [9.17, 15) is 10.1 Å². The minimum absolute atomic E-state index is 0.0201. The van der Waals surface area contributed by atoms with Gasteiger partial charge in [0.2, 0.25) is 0 Å². The molecule has 0 radical (unpaired) electrons. The molecule has 2 N–H and O–H groups in total. The average Bonchev–Trinajstić information content (AvgIpc) is 2.73. The Bertz CT molecular complexity index is 868. The van der Waals surface area contributed by atoms with E-state index in [4.69, 9.17) is 0 Å². The van der Waals surface area contributed by atoms with Crippen LogP contribution in [0.3, 0.4) is 0 Å². The molecule has 0 saturated heterocycles. The number of nitrogens with zero attached hydrogens (tertiary/aromatic N) is 2. The van der Waals surface area contributed by atoms with Gasteiger partial charge in [-0.1, -0.05) is 24.3 Å². The Kier molecular flexibility index (Phi) is 6.22. The van der Waals surface area contributed by atoms with Crippen LogP contribution in [0, 0.1) is 11.3 Å². The van der Waals surface area contributed by atoms with Crippen molar-refractivity contribution in [2.24, 2.45) is 0 Å². The molecule has 5 heteroatoms. The van der Waals surface area contributed by atoms with Gasteiger partial charge in [-0.3, -0.25) is 9.78 Å². The van der Waals surface area contributed by atoms with E-state index in [1.807, 2.05) is 25.1 Å². The first kappa shape index (κ1) is 18.7. The molecule has 1 aliphatic rings. The molecule has 1 aromatic heterocycles. The molecule has 1 heterocycles. The second-order valence-corrected chi connectivity index (χ2v) is 6.84. The Morgan fingerprint density at radius 2 is 2.11 bits per heavy atom. The second kappa shape index (κ2) is 9.00. The molecule has 0 fully saturated rings. The third kappa shape index (κ3) is 4.95. The fourth-order valence-electron chi connectivity index (χ4n) is 3.26. The number of carbonyl (C=O) groups excluding carboxylic acids is 1. The van der Waals surface area contributed by atoms with Gasteiger partial charge in [0.15, 0.2) is 0 Å². The Hall–Kier alpha value is -3.13. The highest BCUT2D eigenvalue weighted by Crippen LogP contribution is 2.24. The first-order valence-corrected chi connectivity index (χ1v) is 9.32. The predicted octanol–water partition coefficient (Wildman–Crippen LogP) is 3.33. The summed E-state index contributed by atoms with van der Waals surface area (Å²) in [5.41, 5.74) is 4.98. The molecule has 1 amide bonds. The van der Waals surface area contributed by atoms with Gasteiger partial charge >= 0.3 is 0 Å². The van der Waals surface area contributed by atoms with Crippen LogP contribution in [0.4, 0.5) is 0 Å². The fourth-order valence-corrected chi connectivity index (χ4v) is 3.26. The van der Waals surface area contributed by atoms with Crippen LogP contribution in [-0.2, 0) is 24.2 Å². The van der Waals surface area contributed by atoms with Crippen LogP contribution >= 0.6 is 0 Å². The average molecular weight is 360 g/mol. The molecule has 1 aliphatic carbocycles. The highest BCUT2D eigenvalue weighted by Gasteiger charge is 2.13. The summed E-state index contributed by atoms with van der Waals surface area (Å²) in [5.74, 6) is -0.397. The van der Waals surface area contributed by atoms with Gasteiger partial charge in [0.25, 0.3) is 5.91 Å². The normalized spacial score (nSPS) is 14.6. The van der Waals surface area contributed by atoms with Crippen LogP contribution in [0.1, 0.15) is 48.1 Å². The molecule has 0 aliphatic heterocycles. The zero-order chi connectivity index (χ0) is 19.1. The molecular formula is C22H24N4O. The monoisotopic (exact) mass is 360 g/mol. The Morgan fingerprint density at radius 3 is 2.85 bits per heavy atom. The van der Waals surface area contributed by atoms with Gasteiger partial charge in [0.1, 0.15) is 11.6 Å². The van der Waals surface area contributed by atoms with Crippen molar-refractivity contribution in [3.05, 3.63) is 76.8 Å². The van der Waals surface area contributed by atoms with Gasteiger partial charge in [-0.05, 0) is 60.9 Å². The maximum absolute atomic E-state index is 12.2. The summed E-state index contributed by atoms with van der Waals surface area (Å²) in [5, 5.41) is 15.2. The van der Waals surface area contributed by atoms with Crippen LogP contribution < -0.4 is 10.6 Å². The van der Waals surface area contributed by atoms with E-state index in [2.05, 4.69) is 33.8 Å². The van der Waals surface area contributed by atoms with Gasteiger partial charge in [-0.15, -0.1) is 0 Å². The van der Waals surface area contributed by atoms with E-state index < -0.39 is 5.91 Å². The zero-order valence-electron chi connectivity index (χ0n) is 15.5. The minimum Gasteiger partial charge on any atom is -0.383 e. The van der Waals surface area contributed by atoms with Gasteiger partial charge in [0, 0.05) is 31.2 Å². The number of rotatable bonds is 6. The lowest BCUT2D eigenvalue weighted by molar-refractivity contribution is -0.117. The lowest BCUT2D eigenvalue weighted by Gasteiger charge is -2.19. The molecular weight excluding hydrogens is 336 g/mol. The number of nitrogens with one attached hydrogen (secondary N) is 2. The van der Waals surface area contributed by atoms with Gasteiger partial charge in [0.05, 0.1) is 0 Å². The summed E-state index contributed by atoms with van der Waals surface area (Å²) in [4.78, 5) is 16.2. The van der Waals surface area contributed by atoms with E-state index in [1.54, 1.807) is 12.4 Å². The third-order valence-electron chi connectivity index (χ3n) is 4.89. The van der Waals surface area contributed by atoms with E-state index in [-0.39, 0.29) is 11.6 Å². The topological polar surface area (TPSA) is 77.8 Å². The van der Waals surface area contributed by atoms with Crippen LogP contribution in [-0.4, -0.2) is 10.9 Å². The highest BCUT2D eigenvalue weighted by atomic mass is 16.1. The number of aromatic nitrogens is 1. The van der Waals surface area contributed by atoms with Crippen LogP contribution in [0.2, 0.25) is 0 Å². The second-order valence-electron chi connectivity index (χ2n) is 6.84. The molecule has 1 atom stereocenters. The van der Waals surface area contributed by atoms with E-state index in [1.165, 1.54) is 35.7 Å². The summed E-state index contributed by atoms with van der Waals surface area (Å²) in [6.07, 6.45) is 9.67. The van der Waals surface area contributed by atoms with Crippen molar-refractivity contribution in [3.8, 4) is 6.07 Å². The summed E-state index contributed by atoms with van der Waals surface area (Å²) in [7, 11) is 0. The first-order valence-electron chi connectivity index (χ1n) is 9.32. The van der Waals surface area contributed by atoms with Crippen molar-refractivity contribution in [1.82, 2.24) is 15.6 Å². The smallest absolute Gasteiger partial charge is 0.263 e. The Balaban J connectivity index is 1.60. The molecule has 138 valence electrons. The Labute approximate surface area is 160 Å². The number of nitriles is 1. The number of carbonyl (C=O) groups is 1. The predicted molar refractivity (Wildman–Crippen MR) is 104 cm³/mol. The zero-order valence-corrected chi connectivity index (χ0v) is 15.5. The molecule has 3 rings (SSSR count). The number of hydrogen-bond donors (Lipinski definition) is 2. The van der Waals surface area contributed by atoms with Crippen molar-refractivity contribution >= 4 is 5.91 Å². The van der Waals surface area contributed by atoms with Gasteiger partial charge in [-0.2, -0.15) is 5.26 Å². The minimum atomic E-state index is -0.397. The fraction of sp³-hybridized carbons (Fsp3) is 0.318. The van der Waals surface area contributed by atoms with Crippen LogP contribution in [0.15, 0.2) is 54.5 Å². The lowest BCUT2D eigenvalue weighted by Crippen LogP contribution is -2.25. The standard InChI is InChI=1S/C22H24N4O/c1-16(19-9-8-18-6-2-3-7-20(18)11-19)25-15-21(12-23)22(27)26-14-17-5-4-10-24-13-17/h4-5,8-11,13,15-16,25H,2-3,6-7,14H2,1H3,(H,26,27)/b21-15-. The van der Waals surface area contributed by atoms with Crippen molar-refractivity contribution < 1.29 is 4.79 Å². The molecule has 0 bridgehead atoms. The maximum atomic E-state index is 12.2. The van der Waals surface area contributed by atoms with Gasteiger partial charge < -0.3 is 10.6 Å². The first-order chi connectivity index (χ1) is 13.2. The Morgan fingerprint density at radius 1 is 1.30 bits per heavy atom. The van der Waals surface area contributed by atoms with Gasteiger partial charge in [-0.25, -0.2) is 0 Å². The van der Waals surface area contributed by atoms with Crippen molar-refractivity contribution in [1.29, 1.82) is 5.26 Å². The molecule has 0 spiro atoms. The third-order valence-corrected chi connectivity index (χ3v) is 4.89. The molecule has 5 nitrogen and oxygen atoms in total. The SMILES string of the molecule is CC(N/C=C(/C#N)C(=O)NCc1cccnc1)c1ccc2c(c1)CCCC2. The summed E-state index contributed by atoms with van der Waals surface area (Å²) in [6, 6.07) is 12.2. The van der Waals surface area contributed by atoms with Crippen molar-refractivity contribution in [2.75, 3.05) is 0 Å². The molecule has 0 saturated carbocycles. The maximum Gasteiger partial charge on any atom is 0.263 e. The molecule has 1 aromatic carbocycles. The lowest BCUT2D eigenvalue weighted by atomic mass is 9.89. The molecule has 27 heavy (non-hydrogen) atoms. The molecule has 2 aromatic rings. The number of amides is 1. The van der Waals surface area contributed by atoms with Crippen LogP contribution in [0.25, 0.3) is 0 Å². The number of pyridine rings is 1. The van der Waals surface area contributed by atoms with Crippen molar-refractivity contribution in [2.45, 2.75) is 45.2 Å². The van der Waals surface area contributed by atoms with E-state index in [0.29, 0.717) is 6.54 Å².